The summed E-state index contributed by atoms with van der Waals surface area (Å²) in [4.78, 5) is 0. The van der Waals surface area contributed by atoms with E-state index in [0.717, 1.165) is 18.6 Å². The van der Waals surface area contributed by atoms with Gasteiger partial charge in [-0.05, 0) is 24.1 Å². The summed E-state index contributed by atoms with van der Waals surface area (Å²) < 4.78 is 6.04. The van der Waals surface area contributed by atoms with Gasteiger partial charge >= 0.3 is 0 Å². The van der Waals surface area contributed by atoms with Gasteiger partial charge in [0.1, 0.15) is 11.9 Å². The van der Waals surface area contributed by atoms with Crippen molar-refractivity contribution in [3.05, 3.63) is 66.2 Å². The Labute approximate surface area is 117 Å². The molecule has 102 valence electrons. The van der Waals surface area contributed by atoms with Crippen LogP contribution in [0.2, 0.25) is 0 Å². The third-order valence-electron chi connectivity index (χ3n) is 2.74. The molecule has 2 aromatic carbocycles. The van der Waals surface area contributed by atoms with Gasteiger partial charge in [0.25, 0.3) is 0 Å². The van der Waals surface area contributed by atoms with Crippen LogP contribution in [0.1, 0.15) is 45.3 Å². The standard InChI is InChI=1S/C16H18O.C2H6/c1-2-9-16(14-10-5-3-6-11-14)17-15-12-7-4-8-13-15;1-2/h3-8,10-13,16H,2,9H2,1H3;1-2H3. The Morgan fingerprint density at radius 1 is 0.842 bits per heavy atom. The van der Waals surface area contributed by atoms with Gasteiger partial charge in [-0.3, -0.25) is 0 Å². The summed E-state index contributed by atoms with van der Waals surface area (Å²) >= 11 is 0. The molecule has 0 aliphatic carbocycles. The number of hydrogen-bond acceptors (Lipinski definition) is 1. The molecule has 0 N–H and O–H groups in total. The fourth-order valence-electron chi connectivity index (χ4n) is 1.89. The third kappa shape index (κ3) is 5.17. The van der Waals surface area contributed by atoms with E-state index in [1.165, 1.54) is 5.56 Å². The van der Waals surface area contributed by atoms with Gasteiger partial charge in [0.2, 0.25) is 0 Å². The Balaban J connectivity index is 0.000000861. The molecule has 0 spiro atoms. The molecule has 2 rings (SSSR count). The van der Waals surface area contributed by atoms with Gasteiger partial charge in [0.05, 0.1) is 0 Å². The maximum Gasteiger partial charge on any atom is 0.124 e. The van der Waals surface area contributed by atoms with Crippen molar-refractivity contribution in [2.45, 2.75) is 39.7 Å². The Hall–Kier alpha value is -1.76. The average molecular weight is 256 g/mol. The van der Waals surface area contributed by atoms with E-state index in [0.29, 0.717) is 0 Å². The van der Waals surface area contributed by atoms with Crippen LogP contribution in [0.15, 0.2) is 60.7 Å². The fraction of sp³-hybridized carbons (Fsp3) is 0.333. The second-order valence-electron chi connectivity index (χ2n) is 4.12. The van der Waals surface area contributed by atoms with Crippen LogP contribution >= 0.6 is 0 Å². The number of hydrogen-bond donors (Lipinski definition) is 0. The zero-order chi connectivity index (χ0) is 13.9. The summed E-state index contributed by atoms with van der Waals surface area (Å²) in [5.74, 6) is 0.940. The molecule has 0 bridgehead atoms. The first-order valence-electron chi connectivity index (χ1n) is 7.17. The van der Waals surface area contributed by atoms with E-state index in [1.54, 1.807) is 0 Å². The largest absolute Gasteiger partial charge is 0.486 e. The lowest BCUT2D eigenvalue weighted by Crippen LogP contribution is -2.07. The topological polar surface area (TPSA) is 9.23 Å². The third-order valence-corrected chi connectivity index (χ3v) is 2.74. The lowest BCUT2D eigenvalue weighted by Gasteiger charge is -2.19. The minimum Gasteiger partial charge on any atom is -0.486 e. The number of ether oxygens (including phenoxy) is 1. The molecule has 0 radical (unpaired) electrons. The molecule has 0 saturated carbocycles. The molecular formula is C18H24O. The van der Waals surface area contributed by atoms with Gasteiger partial charge in [0, 0.05) is 0 Å². The molecule has 1 unspecified atom stereocenters. The first kappa shape index (κ1) is 15.3. The van der Waals surface area contributed by atoms with E-state index >= 15 is 0 Å². The summed E-state index contributed by atoms with van der Waals surface area (Å²) in [7, 11) is 0. The molecule has 19 heavy (non-hydrogen) atoms. The van der Waals surface area contributed by atoms with Gasteiger partial charge in [0.15, 0.2) is 0 Å². The Kier molecular flexibility index (Phi) is 7.41. The molecule has 1 atom stereocenters. The van der Waals surface area contributed by atoms with E-state index < -0.39 is 0 Å². The molecule has 0 heterocycles. The summed E-state index contributed by atoms with van der Waals surface area (Å²) in [5, 5.41) is 0. The quantitative estimate of drug-likeness (QED) is 0.673. The Morgan fingerprint density at radius 2 is 1.37 bits per heavy atom. The molecular weight excluding hydrogens is 232 g/mol. The van der Waals surface area contributed by atoms with Gasteiger partial charge < -0.3 is 4.74 Å². The lowest BCUT2D eigenvalue weighted by atomic mass is 10.1. The Bertz CT molecular complexity index is 422. The molecule has 2 aromatic rings. The molecule has 1 heteroatoms. The van der Waals surface area contributed by atoms with Crippen LogP contribution in [0.25, 0.3) is 0 Å². The summed E-state index contributed by atoms with van der Waals surface area (Å²) in [6, 6.07) is 20.4. The monoisotopic (exact) mass is 256 g/mol. The van der Waals surface area contributed by atoms with Crippen molar-refractivity contribution >= 4 is 0 Å². The van der Waals surface area contributed by atoms with Gasteiger partial charge in [-0.2, -0.15) is 0 Å². The molecule has 0 aromatic heterocycles. The lowest BCUT2D eigenvalue weighted by molar-refractivity contribution is 0.194. The van der Waals surface area contributed by atoms with Gasteiger partial charge in [-0.1, -0.05) is 75.7 Å². The van der Waals surface area contributed by atoms with Crippen LogP contribution in [0.5, 0.6) is 5.75 Å². The SMILES string of the molecule is CC.CCCC(Oc1ccccc1)c1ccccc1. The second kappa shape index (κ2) is 9.21. The van der Waals surface area contributed by atoms with Crippen LogP contribution in [0.4, 0.5) is 0 Å². The van der Waals surface area contributed by atoms with Gasteiger partial charge in [-0.15, -0.1) is 0 Å². The van der Waals surface area contributed by atoms with Crippen LogP contribution in [0.3, 0.4) is 0 Å². The van der Waals surface area contributed by atoms with Crippen LogP contribution in [-0.2, 0) is 0 Å². The van der Waals surface area contributed by atoms with E-state index in [1.807, 2.05) is 50.2 Å². The number of para-hydroxylation sites is 1. The highest BCUT2D eigenvalue weighted by Gasteiger charge is 2.11. The van der Waals surface area contributed by atoms with Crippen molar-refractivity contribution in [3.63, 3.8) is 0 Å². The Morgan fingerprint density at radius 3 is 1.89 bits per heavy atom. The first-order valence-corrected chi connectivity index (χ1v) is 7.17. The highest BCUT2D eigenvalue weighted by atomic mass is 16.5. The molecule has 0 saturated heterocycles. The maximum absolute atomic E-state index is 6.04. The highest BCUT2D eigenvalue weighted by Crippen LogP contribution is 2.25. The molecule has 0 aliphatic rings. The maximum atomic E-state index is 6.04. The van der Waals surface area contributed by atoms with Crippen molar-refractivity contribution in [1.82, 2.24) is 0 Å². The van der Waals surface area contributed by atoms with Crippen LogP contribution in [0, 0.1) is 0 Å². The average Bonchev–Trinajstić information content (AvgIpc) is 2.51. The zero-order valence-electron chi connectivity index (χ0n) is 12.2. The van der Waals surface area contributed by atoms with E-state index in [9.17, 15) is 0 Å². The second-order valence-corrected chi connectivity index (χ2v) is 4.12. The minimum absolute atomic E-state index is 0.156. The predicted molar refractivity (Wildman–Crippen MR) is 82.5 cm³/mol. The van der Waals surface area contributed by atoms with Gasteiger partial charge in [-0.25, -0.2) is 0 Å². The van der Waals surface area contributed by atoms with Crippen molar-refractivity contribution in [2.24, 2.45) is 0 Å². The molecule has 1 nitrogen and oxygen atoms in total. The van der Waals surface area contributed by atoms with Crippen LogP contribution in [-0.4, -0.2) is 0 Å². The summed E-state index contributed by atoms with van der Waals surface area (Å²) in [5.41, 5.74) is 1.25. The predicted octanol–water partition coefficient (Wildman–Crippen LogP) is 5.63. The zero-order valence-corrected chi connectivity index (χ0v) is 12.2. The van der Waals surface area contributed by atoms with Crippen molar-refractivity contribution in [3.8, 4) is 5.75 Å². The summed E-state index contributed by atoms with van der Waals surface area (Å²) in [6.45, 7) is 6.18. The van der Waals surface area contributed by atoms with E-state index in [2.05, 4.69) is 31.2 Å². The fourth-order valence-corrected chi connectivity index (χ4v) is 1.89. The van der Waals surface area contributed by atoms with Crippen molar-refractivity contribution < 1.29 is 4.74 Å². The van der Waals surface area contributed by atoms with Crippen molar-refractivity contribution in [1.29, 1.82) is 0 Å². The number of rotatable bonds is 5. The normalized spacial score (nSPS) is 11.1. The van der Waals surface area contributed by atoms with Crippen molar-refractivity contribution in [2.75, 3.05) is 0 Å². The molecule has 0 fully saturated rings. The van der Waals surface area contributed by atoms with E-state index in [4.69, 9.17) is 4.74 Å². The molecule has 0 amide bonds. The summed E-state index contributed by atoms with van der Waals surface area (Å²) in [6.07, 6.45) is 2.31. The highest BCUT2D eigenvalue weighted by molar-refractivity contribution is 5.24. The van der Waals surface area contributed by atoms with E-state index in [-0.39, 0.29) is 6.10 Å². The molecule has 0 aliphatic heterocycles. The smallest absolute Gasteiger partial charge is 0.124 e. The number of benzene rings is 2. The first-order chi connectivity index (χ1) is 9.40. The minimum atomic E-state index is 0.156. The van der Waals surface area contributed by atoms with Crippen LogP contribution < -0.4 is 4.74 Å².